The van der Waals surface area contributed by atoms with E-state index in [-0.39, 0.29) is 28.6 Å². The van der Waals surface area contributed by atoms with Crippen molar-refractivity contribution in [3.63, 3.8) is 0 Å². The van der Waals surface area contributed by atoms with Gasteiger partial charge in [0.25, 0.3) is 5.91 Å². The van der Waals surface area contributed by atoms with Crippen LogP contribution in [0, 0.1) is 0 Å². The van der Waals surface area contributed by atoms with Crippen LogP contribution in [0.1, 0.15) is 27.6 Å². The molecule has 104 valence electrons. The molecule has 0 aliphatic rings. The van der Waals surface area contributed by atoms with Crippen LogP contribution in [0.5, 0.6) is 0 Å². The molecule has 0 unspecified atom stereocenters. The van der Waals surface area contributed by atoms with E-state index in [1.807, 2.05) is 0 Å². The van der Waals surface area contributed by atoms with Gasteiger partial charge in [0.05, 0.1) is 23.4 Å². The standard InChI is InChI=1S/C13H12ClN3O3/c1-2-20-13(19)9-7-16-17(11(9)15)12(18)8-5-3-4-6-10(8)14/h3-7H,2,15H2,1H3. The summed E-state index contributed by atoms with van der Waals surface area (Å²) in [4.78, 5) is 23.9. The molecule has 0 aliphatic carbocycles. The highest BCUT2D eigenvalue weighted by atomic mass is 35.5. The van der Waals surface area contributed by atoms with Gasteiger partial charge in [-0.05, 0) is 19.1 Å². The van der Waals surface area contributed by atoms with Crippen LogP contribution in [0.3, 0.4) is 0 Å². The minimum Gasteiger partial charge on any atom is -0.462 e. The summed E-state index contributed by atoms with van der Waals surface area (Å²) in [6.07, 6.45) is 1.20. The molecule has 0 saturated carbocycles. The van der Waals surface area contributed by atoms with E-state index in [2.05, 4.69) is 5.10 Å². The van der Waals surface area contributed by atoms with Gasteiger partial charge in [-0.15, -0.1) is 0 Å². The number of anilines is 1. The van der Waals surface area contributed by atoms with Gasteiger partial charge in [0.15, 0.2) is 0 Å². The van der Waals surface area contributed by atoms with E-state index in [0.29, 0.717) is 0 Å². The van der Waals surface area contributed by atoms with Gasteiger partial charge in [0, 0.05) is 0 Å². The van der Waals surface area contributed by atoms with Gasteiger partial charge in [0.2, 0.25) is 0 Å². The first kappa shape index (κ1) is 14.1. The van der Waals surface area contributed by atoms with E-state index in [1.54, 1.807) is 31.2 Å². The predicted octanol–water partition coefficient (Wildman–Crippen LogP) is 1.98. The Labute approximate surface area is 120 Å². The van der Waals surface area contributed by atoms with E-state index < -0.39 is 11.9 Å². The van der Waals surface area contributed by atoms with E-state index >= 15 is 0 Å². The highest BCUT2D eigenvalue weighted by molar-refractivity contribution is 6.34. The Bertz CT molecular complexity index is 667. The normalized spacial score (nSPS) is 10.3. The van der Waals surface area contributed by atoms with Crippen molar-refractivity contribution < 1.29 is 14.3 Å². The highest BCUT2D eigenvalue weighted by Gasteiger charge is 2.21. The second-order valence-corrected chi connectivity index (χ2v) is 4.27. The number of ether oxygens (including phenoxy) is 1. The molecule has 0 radical (unpaired) electrons. The number of benzene rings is 1. The Morgan fingerprint density at radius 3 is 2.70 bits per heavy atom. The summed E-state index contributed by atoms with van der Waals surface area (Å²) in [6, 6.07) is 6.51. The molecular formula is C13H12ClN3O3. The van der Waals surface area contributed by atoms with Crippen molar-refractivity contribution in [1.29, 1.82) is 0 Å². The van der Waals surface area contributed by atoms with Crippen molar-refractivity contribution >= 4 is 29.3 Å². The SMILES string of the molecule is CCOC(=O)c1cnn(C(=O)c2ccccc2Cl)c1N. The Kier molecular flexibility index (Phi) is 4.05. The zero-order valence-electron chi connectivity index (χ0n) is 10.7. The fraction of sp³-hybridized carbons (Fsp3) is 0.154. The molecule has 1 heterocycles. The second kappa shape index (κ2) is 5.75. The number of halogens is 1. The number of rotatable bonds is 3. The predicted molar refractivity (Wildman–Crippen MR) is 73.8 cm³/mol. The molecule has 0 spiro atoms. The van der Waals surface area contributed by atoms with E-state index in [0.717, 1.165) is 4.68 Å². The third-order valence-electron chi connectivity index (χ3n) is 2.60. The van der Waals surface area contributed by atoms with Crippen LogP contribution in [0.15, 0.2) is 30.5 Å². The quantitative estimate of drug-likeness (QED) is 0.874. The number of aromatic nitrogens is 2. The maximum absolute atomic E-state index is 12.3. The van der Waals surface area contributed by atoms with E-state index in [1.165, 1.54) is 6.20 Å². The van der Waals surface area contributed by atoms with Crippen molar-refractivity contribution in [2.75, 3.05) is 12.3 Å². The zero-order chi connectivity index (χ0) is 14.7. The maximum Gasteiger partial charge on any atom is 0.343 e. The molecule has 2 aromatic rings. The molecule has 0 bridgehead atoms. The van der Waals surface area contributed by atoms with E-state index in [9.17, 15) is 9.59 Å². The molecule has 2 rings (SSSR count). The molecule has 1 aromatic heterocycles. The van der Waals surface area contributed by atoms with Crippen molar-refractivity contribution in [3.8, 4) is 0 Å². The minimum atomic E-state index is -0.622. The van der Waals surface area contributed by atoms with Gasteiger partial charge >= 0.3 is 5.97 Å². The lowest BCUT2D eigenvalue weighted by atomic mass is 10.2. The van der Waals surface area contributed by atoms with Gasteiger partial charge < -0.3 is 10.5 Å². The number of nitrogen functional groups attached to an aromatic ring is 1. The number of carbonyl (C=O) groups excluding carboxylic acids is 2. The average Bonchev–Trinajstić information content (AvgIpc) is 2.81. The van der Waals surface area contributed by atoms with Crippen LogP contribution in [0.2, 0.25) is 5.02 Å². The number of nitrogens with two attached hydrogens (primary N) is 1. The molecule has 0 atom stereocenters. The van der Waals surface area contributed by atoms with Gasteiger partial charge in [-0.2, -0.15) is 9.78 Å². The molecular weight excluding hydrogens is 282 g/mol. The van der Waals surface area contributed by atoms with Crippen molar-refractivity contribution in [3.05, 3.63) is 46.6 Å². The number of hydrogen-bond acceptors (Lipinski definition) is 5. The first-order valence-electron chi connectivity index (χ1n) is 5.86. The fourth-order valence-electron chi connectivity index (χ4n) is 1.63. The van der Waals surface area contributed by atoms with Crippen LogP contribution in [0.4, 0.5) is 5.82 Å². The number of nitrogens with zero attached hydrogens (tertiary/aromatic N) is 2. The molecule has 0 saturated heterocycles. The molecule has 7 heteroatoms. The van der Waals surface area contributed by atoms with Gasteiger partial charge in [-0.3, -0.25) is 4.79 Å². The number of hydrogen-bond donors (Lipinski definition) is 1. The first-order chi connectivity index (χ1) is 9.56. The second-order valence-electron chi connectivity index (χ2n) is 3.86. The van der Waals surface area contributed by atoms with Crippen molar-refractivity contribution in [2.24, 2.45) is 0 Å². The van der Waals surface area contributed by atoms with Crippen LogP contribution in [-0.4, -0.2) is 28.3 Å². The smallest absolute Gasteiger partial charge is 0.343 e. The zero-order valence-corrected chi connectivity index (χ0v) is 11.4. The Morgan fingerprint density at radius 2 is 2.05 bits per heavy atom. The minimum absolute atomic E-state index is 0.0484. The Hall–Kier alpha value is -2.34. The summed E-state index contributed by atoms with van der Waals surface area (Å²) >= 11 is 5.95. The highest BCUT2D eigenvalue weighted by Crippen LogP contribution is 2.19. The Morgan fingerprint density at radius 1 is 1.35 bits per heavy atom. The Balaban J connectivity index is 2.38. The maximum atomic E-state index is 12.3. The van der Waals surface area contributed by atoms with Gasteiger partial charge in [0.1, 0.15) is 11.4 Å². The lowest BCUT2D eigenvalue weighted by molar-refractivity contribution is 0.0527. The lowest BCUT2D eigenvalue weighted by Crippen LogP contribution is -2.17. The monoisotopic (exact) mass is 293 g/mol. The molecule has 20 heavy (non-hydrogen) atoms. The summed E-state index contributed by atoms with van der Waals surface area (Å²) in [5.74, 6) is -1.21. The van der Waals surface area contributed by atoms with Gasteiger partial charge in [-0.1, -0.05) is 23.7 Å². The third kappa shape index (κ3) is 2.50. The average molecular weight is 294 g/mol. The van der Waals surface area contributed by atoms with Crippen molar-refractivity contribution in [1.82, 2.24) is 9.78 Å². The summed E-state index contributed by atoms with van der Waals surface area (Å²) < 4.78 is 5.75. The van der Waals surface area contributed by atoms with Crippen LogP contribution in [-0.2, 0) is 4.74 Å². The van der Waals surface area contributed by atoms with Crippen LogP contribution in [0.25, 0.3) is 0 Å². The number of carbonyl (C=O) groups is 2. The molecule has 1 aromatic carbocycles. The molecule has 6 nitrogen and oxygen atoms in total. The third-order valence-corrected chi connectivity index (χ3v) is 2.93. The summed E-state index contributed by atoms with van der Waals surface area (Å²) in [5.41, 5.74) is 6.06. The summed E-state index contributed by atoms with van der Waals surface area (Å²) in [6.45, 7) is 1.88. The lowest BCUT2D eigenvalue weighted by Gasteiger charge is -2.05. The first-order valence-corrected chi connectivity index (χ1v) is 6.24. The number of esters is 1. The fourth-order valence-corrected chi connectivity index (χ4v) is 1.85. The summed E-state index contributed by atoms with van der Waals surface area (Å²) in [7, 11) is 0. The largest absolute Gasteiger partial charge is 0.462 e. The molecule has 0 fully saturated rings. The van der Waals surface area contributed by atoms with Crippen LogP contribution >= 0.6 is 11.6 Å². The molecule has 0 aliphatic heterocycles. The van der Waals surface area contributed by atoms with Crippen LogP contribution < -0.4 is 5.73 Å². The molecule has 0 amide bonds. The topological polar surface area (TPSA) is 87.2 Å². The molecule has 2 N–H and O–H groups in total. The summed E-state index contributed by atoms with van der Waals surface area (Å²) in [5, 5.41) is 4.10. The van der Waals surface area contributed by atoms with E-state index in [4.69, 9.17) is 22.1 Å². The van der Waals surface area contributed by atoms with Crippen molar-refractivity contribution in [2.45, 2.75) is 6.92 Å². The van der Waals surface area contributed by atoms with Gasteiger partial charge in [-0.25, -0.2) is 4.79 Å².